The molecule has 0 unspecified atom stereocenters. The summed E-state index contributed by atoms with van der Waals surface area (Å²) < 4.78 is 0. The van der Waals surface area contributed by atoms with Crippen LogP contribution in [-0.2, 0) is 9.59 Å². The van der Waals surface area contributed by atoms with Crippen LogP contribution in [0.25, 0.3) is 0 Å². The van der Waals surface area contributed by atoms with Gasteiger partial charge in [0.2, 0.25) is 11.8 Å². The average Bonchev–Trinajstić information content (AvgIpc) is 3.21. The number of piperidine rings is 1. The summed E-state index contributed by atoms with van der Waals surface area (Å²) in [5.41, 5.74) is 0.546. The lowest BCUT2D eigenvalue weighted by atomic mass is 9.95. The fourth-order valence-corrected chi connectivity index (χ4v) is 3.53. The lowest BCUT2D eigenvalue weighted by Gasteiger charge is -2.33. The molecule has 0 bridgehead atoms. The van der Waals surface area contributed by atoms with E-state index >= 15 is 0 Å². The minimum absolute atomic E-state index is 0.00152. The molecule has 2 fully saturated rings. The van der Waals surface area contributed by atoms with Gasteiger partial charge >= 0.3 is 0 Å². The van der Waals surface area contributed by atoms with Crippen LogP contribution >= 0.6 is 0 Å². The first-order valence-corrected chi connectivity index (χ1v) is 9.05. The molecular formula is C19H25N3O3. The summed E-state index contributed by atoms with van der Waals surface area (Å²) >= 11 is 0. The van der Waals surface area contributed by atoms with Crippen molar-refractivity contribution in [2.75, 3.05) is 32.7 Å². The fourth-order valence-electron chi connectivity index (χ4n) is 3.53. The summed E-state index contributed by atoms with van der Waals surface area (Å²) in [6.07, 6.45) is 3.63. The van der Waals surface area contributed by atoms with Crippen molar-refractivity contribution in [1.82, 2.24) is 15.1 Å². The SMILES string of the molecule is O=C(NCC(=O)N1CCC(C(=O)N2CCCC2)CC1)c1ccccc1. The number of likely N-dealkylation sites (tertiary alicyclic amines) is 2. The third-order valence-corrected chi connectivity index (χ3v) is 5.05. The van der Waals surface area contributed by atoms with Gasteiger partial charge < -0.3 is 15.1 Å². The molecule has 2 aliphatic rings. The summed E-state index contributed by atoms with van der Waals surface area (Å²) in [6, 6.07) is 8.86. The topological polar surface area (TPSA) is 69.7 Å². The molecule has 2 heterocycles. The lowest BCUT2D eigenvalue weighted by molar-refractivity contribution is -0.139. The van der Waals surface area contributed by atoms with E-state index in [0.717, 1.165) is 25.9 Å². The molecule has 3 amide bonds. The van der Waals surface area contributed by atoms with Crippen molar-refractivity contribution in [3.05, 3.63) is 35.9 Å². The highest BCUT2D eigenvalue weighted by molar-refractivity contribution is 5.96. The number of carbonyl (C=O) groups excluding carboxylic acids is 3. The van der Waals surface area contributed by atoms with Crippen LogP contribution in [0.3, 0.4) is 0 Å². The van der Waals surface area contributed by atoms with Gasteiger partial charge in [0, 0.05) is 37.7 Å². The van der Waals surface area contributed by atoms with Gasteiger partial charge in [-0.15, -0.1) is 0 Å². The molecule has 3 rings (SSSR count). The van der Waals surface area contributed by atoms with Gasteiger partial charge in [-0.1, -0.05) is 18.2 Å². The second kappa shape index (κ2) is 8.14. The van der Waals surface area contributed by atoms with Gasteiger partial charge in [0.1, 0.15) is 0 Å². The second-order valence-corrected chi connectivity index (χ2v) is 6.74. The van der Waals surface area contributed by atoms with Crippen LogP contribution in [0, 0.1) is 5.92 Å². The van der Waals surface area contributed by atoms with Crippen molar-refractivity contribution in [2.45, 2.75) is 25.7 Å². The van der Waals surface area contributed by atoms with Crippen LogP contribution < -0.4 is 5.32 Å². The maximum absolute atomic E-state index is 12.4. The molecule has 0 aromatic heterocycles. The molecule has 0 aliphatic carbocycles. The Hall–Kier alpha value is -2.37. The highest BCUT2D eigenvalue weighted by Gasteiger charge is 2.31. The molecule has 0 saturated carbocycles. The Morgan fingerprint density at radius 3 is 2.20 bits per heavy atom. The molecule has 2 aliphatic heterocycles. The van der Waals surface area contributed by atoms with Crippen molar-refractivity contribution in [1.29, 1.82) is 0 Å². The highest BCUT2D eigenvalue weighted by atomic mass is 16.2. The Bertz CT molecular complexity index is 618. The summed E-state index contributed by atoms with van der Waals surface area (Å²) in [5, 5.41) is 2.67. The molecular weight excluding hydrogens is 318 g/mol. The van der Waals surface area contributed by atoms with Crippen LogP contribution in [0.15, 0.2) is 30.3 Å². The van der Waals surface area contributed by atoms with Crippen molar-refractivity contribution in [3.8, 4) is 0 Å². The first-order chi connectivity index (χ1) is 12.1. The number of hydrogen-bond acceptors (Lipinski definition) is 3. The number of nitrogens with one attached hydrogen (secondary N) is 1. The number of nitrogens with zero attached hydrogens (tertiary/aromatic N) is 2. The van der Waals surface area contributed by atoms with Crippen LogP contribution in [0.5, 0.6) is 0 Å². The Kier molecular flexibility index (Phi) is 5.68. The van der Waals surface area contributed by atoms with Crippen molar-refractivity contribution < 1.29 is 14.4 Å². The number of benzene rings is 1. The molecule has 6 heteroatoms. The Morgan fingerprint density at radius 1 is 0.920 bits per heavy atom. The third-order valence-electron chi connectivity index (χ3n) is 5.05. The Morgan fingerprint density at radius 2 is 1.56 bits per heavy atom. The van der Waals surface area contributed by atoms with Gasteiger partial charge in [-0.25, -0.2) is 0 Å². The minimum atomic E-state index is -0.243. The van der Waals surface area contributed by atoms with E-state index < -0.39 is 0 Å². The molecule has 1 N–H and O–H groups in total. The van der Waals surface area contributed by atoms with Gasteiger partial charge in [0.15, 0.2) is 0 Å². The zero-order valence-electron chi connectivity index (χ0n) is 14.4. The van der Waals surface area contributed by atoms with Crippen molar-refractivity contribution >= 4 is 17.7 Å². The van der Waals surface area contributed by atoms with Crippen molar-refractivity contribution in [2.24, 2.45) is 5.92 Å². The maximum atomic E-state index is 12.4. The van der Waals surface area contributed by atoms with E-state index in [9.17, 15) is 14.4 Å². The van der Waals surface area contributed by atoms with Gasteiger partial charge in [-0.05, 0) is 37.8 Å². The summed E-state index contributed by atoms with van der Waals surface area (Å²) in [6.45, 7) is 2.93. The van der Waals surface area contributed by atoms with Gasteiger partial charge in [0.05, 0.1) is 6.54 Å². The standard InChI is InChI=1S/C19H25N3O3/c23-17(14-20-18(24)15-6-2-1-3-7-15)21-12-8-16(9-13-21)19(25)22-10-4-5-11-22/h1-3,6-7,16H,4-5,8-14H2,(H,20,24). The smallest absolute Gasteiger partial charge is 0.251 e. The first kappa shape index (κ1) is 17.5. The molecule has 6 nitrogen and oxygen atoms in total. The largest absolute Gasteiger partial charge is 0.343 e. The molecule has 0 atom stereocenters. The van der Waals surface area contributed by atoms with Gasteiger partial charge in [0.25, 0.3) is 5.91 Å². The Balaban J connectivity index is 1.42. The van der Waals surface area contributed by atoms with Crippen LogP contribution in [0.4, 0.5) is 0 Å². The average molecular weight is 343 g/mol. The maximum Gasteiger partial charge on any atom is 0.251 e. The van der Waals surface area contributed by atoms with E-state index in [1.54, 1.807) is 29.2 Å². The fraction of sp³-hybridized carbons (Fsp3) is 0.526. The van der Waals surface area contributed by atoms with E-state index in [1.165, 1.54) is 0 Å². The van der Waals surface area contributed by atoms with Crippen LogP contribution in [0.1, 0.15) is 36.0 Å². The quantitative estimate of drug-likeness (QED) is 0.895. The second-order valence-electron chi connectivity index (χ2n) is 6.74. The van der Waals surface area contributed by atoms with Crippen LogP contribution in [0.2, 0.25) is 0 Å². The van der Waals surface area contributed by atoms with E-state index in [0.29, 0.717) is 31.5 Å². The van der Waals surface area contributed by atoms with Crippen LogP contribution in [-0.4, -0.2) is 60.2 Å². The van der Waals surface area contributed by atoms with E-state index in [4.69, 9.17) is 0 Å². The summed E-state index contributed by atoms with van der Waals surface area (Å²) in [7, 11) is 0. The zero-order chi connectivity index (χ0) is 17.6. The number of carbonyl (C=O) groups is 3. The zero-order valence-corrected chi connectivity index (χ0v) is 14.4. The normalized spacial score (nSPS) is 18.2. The first-order valence-electron chi connectivity index (χ1n) is 9.05. The molecule has 25 heavy (non-hydrogen) atoms. The molecule has 1 aromatic rings. The number of hydrogen-bond donors (Lipinski definition) is 1. The third kappa shape index (κ3) is 4.38. The number of amides is 3. The predicted octanol–water partition coefficient (Wildman–Crippen LogP) is 1.28. The Labute approximate surface area is 148 Å². The minimum Gasteiger partial charge on any atom is -0.343 e. The molecule has 0 spiro atoms. The summed E-state index contributed by atoms with van der Waals surface area (Å²) in [4.78, 5) is 40.4. The molecule has 1 aromatic carbocycles. The van der Waals surface area contributed by atoms with Gasteiger partial charge in [-0.2, -0.15) is 0 Å². The van der Waals surface area contributed by atoms with E-state index in [1.807, 2.05) is 11.0 Å². The summed E-state index contributed by atoms with van der Waals surface area (Å²) in [5.74, 6) is -0.0348. The lowest BCUT2D eigenvalue weighted by Crippen LogP contribution is -2.46. The monoisotopic (exact) mass is 343 g/mol. The number of rotatable bonds is 4. The molecule has 0 radical (unpaired) electrons. The molecule has 2 saturated heterocycles. The van der Waals surface area contributed by atoms with E-state index in [-0.39, 0.29) is 30.2 Å². The van der Waals surface area contributed by atoms with E-state index in [2.05, 4.69) is 5.32 Å². The molecule has 134 valence electrons. The highest BCUT2D eigenvalue weighted by Crippen LogP contribution is 2.22. The van der Waals surface area contributed by atoms with Crippen molar-refractivity contribution in [3.63, 3.8) is 0 Å². The predicted molar refractivity (Wildman–Crippen MR) is 93.9 cm³/mol. The van der Waals surface area contributed by atoms with Gasteiger partial charge in [-0.3, -0.25) is 14.4 Å².